The van der Waals surface area contributed by atoms with E-state index in [1.165, 1.54) is 10.3 Å². The molecule has 0 amide bonds. The number of hydrogen-bond acceptors (Lipinski definition) is 3. The number of phenols is 1. The number of aryl methyl sites for hydroxylation is 1. The summed E-state index contributed by atoms with van der Waals surface area (Å²) in [6.45, 7) is 2.08. The van der Waals surface area contributed by atoms with Crippen molar-refractivity contribution in [1.82, 2.24) is 4.98 Å². The maximum absolute atomic E-state index is 9.74. The van der Waals surface area contributed by atoms with Gasteiger partial charge < -0.3 is 5.11 Å². The molecule has 0 aliphatic carbocycles. The van der Waals surface area contributed by atoms with Crippen LogP contribution in [0.1, 0.15) is 5.56 Å². The van der Waals surface area contributed by atoms with E-state index < -0.39 is 0 Å². The minimum atomic E-state index is 0.209. The zero-order valence-electron chi connectivity index (χ0n) is 9.95. The van der Waals surface area contributed by atoms with E-state index >= 15 is 0 Å². The van der Waals surface area contributed by atoms with Crippen molar-refractivity contribution in [2.24, 2.45) is 0 Å². The Morgan fingerprint density at radius 2 is 1.79 bits per heavy atom. The molecule has 0 aliphatic heterocycles. The van der Waals surface area contributed by atoms with Crippen LogP contribution in [0.3, 0.4) is 0 Å². The van der Waals surface area contributed by atoms with Crippen LogP contribution in [0.25, 0.3) is 20.8 Å². The Kier molecular flexibility index (Phi) is 3.37. The Balaban J connectivity index is 2.19. The third-order valence-electron chi connectivity index (χ3n) is 2.81. The number of benzene rings is 2. The number of nitrogens with zero attached hydrogens (tertiary/aromatic N) is 1. The number of aromatic hydroxyl groups is 1. The van der Waals surface area contributed by atoms with Crippen LogP contribution < -0.4 is 0 Å². The zero-order chi connectivity index (χ0) is 13.6. The summed E-state index contributed by atoms with van der Waals surface area (Å²) in [6, 6.07) is 10.00. The van der Waals surface area contributed by atoms with Crippen LogP contribution in [0.5, 0.6) is 5.75 Å². The average Bonchev–Trinajstić information content (AvgIpc) is 2.78. The molecule has 96 valence electrons. The molecule has 3 rings (SSSR count). The highest BCUT2D eigenvalue weighted by molar-refractivity contribution is 9.11. The monoisotopic (exact) mass is 397 g/mol. The van der Waals surface area contributed by atoms with Gasteiger partial charge in [0.25, 0.3) is 0 Å². The summed E-state index contributed by atoms with van der Waals surface area (Å²) in [7, 11) is 0. The standard InChI is InChI=1S/C14H9Br2NOS/c1-7-2-3-11-12(4-7)19-14(17-11)8-5-9(15)13(18)10(16)6-8/h2-6,18H,1H3. The lowest BCUT2D eigenvalue weighted by molar-refractivity contribution is 0.468. The van der Waals surface area contributed by atoms with Crippen LogP contribution in [0.4, 0.5) is 0 Å². The average molecular weight is 399 g/mol. The molecule has 0 aliphatic rings. The van der Waals surface area contributed by atoms with Gasteiger partial charge in [-0.15, -0.1) is 11.3 Å². The number of halogens is 2. The molecule has 0 atom stereocenters. The molecule has 1 heterocycles. The van der Waals surface area contributed by atoms with E-state index in [1.54, 1.807) is 11.3 Å². The minimum absolute atomic E-state index is 0.209. The number of phenolic OH excluding ortho intramolecular Hbond substituents is 1. The van der Waals surface area contributed by atoms with E-state index in [4.69, 9.17) is 0 Å². The van der Waals surface area contributed by atoms with Gasteiger partial charge in [0.15, 0.2) is 0 Å². The van der Waals surface area contributed by atoms with Crippen molar-refractivity contribution in [1.29, 1.82) is 0 Å². The van der Waals surface area contributed by atoms with Crippen molar-refractivity contribution < 1.29 is 5.11 Å². The summed E-state index contributed by atoms with van der Waals surface area (Å²) in [5, 5.41) is 10.7. The van der Waals surface area contributed by atoms with Crippen molar-refractivity contribution in [2.45, 2.75) is 6.92 Å². The van der Waals surface area contributed by atoms with Gasteiger partial charge in [-0.05, 0) is 68.6 Å². The fourth-order valence-electron chi connectivity index (χ4n) is 1.84. The molecule has 2 nitrogen and oxygen atoms in total. The van der Waals surface area contributed by atoms with E-state index in [1.807, 2.05) is 18.2 Å². The summed E-state index contributed by atoms with van der Waals surface area (Å²) in [4.78, 5) is 4.63. The predicted molar refractivity (Wildman–Crippen MR) is 86.9 cm³/mol. The highest BCUT2D eigenvalue weighted by Crippen LogP contribution is 2.39. The summed E-state index contributed by atoms with van der Waals surface area (Å²) < 4.78 is 2.50. The van der Waals surface area contributed by atoms with Crippen LogP contribution >= 0.6 is 43.2 Å². The second-order valence-corrected chi connectivity index (χ2v) is 7.02. The first kappa shape index (κ1) is 13.1. The number of thiazole rings is 1. The number of aromatic nitrogens is 1. The first-order valence-corrected chi connectivity index (χ1v) is 8.00. The van der Waals surface area contributed by atoms with Crippen LogP contribution in [0, 0.1) is 6.92 Å². The van der Waals surface area contributed by atoms with Crippen molar-refractivity contribution in [3.63, 3.8) is 0 Å². The van der Waals surface area contributed by atoms with Crippen molar-refractivity contribution in [3.8, 4) is 16.3 Å². The second-order valence-electron chi connectivity index (χ2n) is 4.28. The fraction of sp³-hybridized carbons (Fsp3) is 0.0714. The molecule has 0 unspecified atom stereocenters. The minimum Gasteiger partial charge on any atom is -0.506 e. The predicted octanol–water partition coefficient (Wildman–Crippen LogP) is 5.50. The van der Waals surface area contributed by atoms with Crippen LogP contribution in [0.15, 0.2) is 39.3 Å². The summed E-state index contributed by atoms with van der Waals surface area (Å²) in [5.74, 6) is 0.209. The number of fused-ring (bicyclic) bond motifs is 1. The largest absolute Gasteiger partial charge is 0.506 e. The molecule has 0 spiro atoms. The van der Waals surface area contributed by atoms with E-state index in [0.717, 1.165) is 16.1 Å². The van der Waals surface area contributed by atoms with Crippen LogP contribution in [-0.2, 0) is 0 Å². The second kappa shape index (κ2) is 4.89. The maximum atomic E-state index is 9.74. The molecule has 0 bridgehead atoms. The Morgan fingerprint density at radius 1 is 1.11 bits per heavy atom. The van der Waals surface area contributed by atoms with E-state index in [0.29, 0.717) is 8.95 Å². The number of rotatable bonds is 1. The summed E-state index contributed by atoms with van der Waals surface area (Å²) >= 11 is 8.35. The molecular weight excluding hydrogens is 390 g/mol. The van der Waals surface area contributed by atoms with Crippen LogP contribution in [-0.4, -0.2) is 10.1 Å². The Bertz CT molecular complexity index is 759. The highest BCUT2D eigenvalue weighted by atomic mass is 79.9. The van der Waals surface area contributed by atoms with E-state index in [2.05, 4.69) is 55.9 Å². The third-order valence-corrected chi connectivity index (χ3v) is 5.08. The SMILES string of the molecule is Cc1ccc2nc(-c3cc(Br)c(O)c(Br)c3)sc2c1. The summed E-state index contributed by atoms with van der Waals surface area (Å²) in [5.41, 5.74) is 3.22. The fourth-order valence-corrected chi connectivity index (χ4v) is 4.08. The van der Waals surface area contributed by atoms with Crippen molar-refractivity contribution >= 4 is 53.4 Å². The Labute approximate surface area is 131 Å². The van der Waals surface area contributed by atoms with E-state index in [-0.39, 0.29) is 5.75 Å². The third kappa shape index (κ3) is 2.42. The number of hydrogen-bond donors (Lipinski definition) is 1. The topological polar surface area (TPSA) is 33.1 Å². The molecule has 5 heteroatoms. The lowest BCUT2D eigenvalue weighted by atomic mass is 10.2. The lowest BCUT2D eigenvalue weighted by Crippen LogP contribution is -1.79. The van der Waals surface area contributed by atoms with Gasteiger partial charge in [-0.3, -0.25) is 0 Å². The van der Waals surface area contributed by atoms with Gasteiger partial charge in [0.05, 0.1) is 19.2 Å². The normalized spacial score (nSPS) is 11.1. The molecule has 0 radical (unpaired) electrons. The molecular formula is C14H9Br2NOS. The molecule has 3 aromatic rings. The molecule has 1 aromatic heterocycles. The smallest absolute Gasteiger partial charge is 0.143 e. The Hall–Kier alpha value is -0.910. The van der Waals surface area contributed by atoms with Gasteiger partial charge in [0.2, 0.25) is 0 Å². The molecule has 1 N–H and O–H groups in total. The quantitative estimate of drug-likeness (QED) is 0.586. The molecule has 0 saturated heterocycles. The zero-order valence-corrected chi connectivity index (χ0v) is 13.9. The van der Waals surface area contributed by atoms with Crippen molar-refractivity contribution in [3.05, 3.63) is 44.8 Å². The lowest BCUT2D eigenvalue weighted by Gasteiger charge is -2.03. The first-order chi connectivity index (χ1) is 9.04. The van der Waals surface area contributed by atoms with Gasteiger partial charge in [-0.2, -0.15) is 0 Å². The van der Waals surface area contributed by atoms with Gasteiger partial charge >= 0.3 is 0 Å². The Morgan fingerprint density at radius 3 is 2.47 bits per heavy atom. The maximum Gasteiger partial charge on any atom is 0.143 e. The van der Waals surface area contributed by atoms with Gasteiger partial charge in [-0.1, -0.05) is 6.07 Å². The van der Waals surface area contributed by atoms with E-state index in [9.17, 15) is 5.11 Å². The van der Waals surface area contributed by atoms with Gasteiger partial charge in [0, 0.05) is 5.56 Å². The molecule has 0 saturated carbocycles. The van der Waals surface area contributed by atoms with Gasteiger partial charge in [0.1, 0.15) is 10.8 Å². The highest BCUT2D eigenvalue weighted by Gasteiger charge is 2.11. The first-order valence-electron chi connectivity index (χ1n) is 5.60. The summed E-state index contributed by atoms with van der Waals surface area (Å²) in [6.07, 6.45) is 0. The van der Waals surface area contributed by atoms with Crippen LogP contribution in [0.2, 0.25) is 0 Å². The van der Waals surface area contributed by atoms with Gasteiger partial charge in [-0.25, -0.2) is 4.98 Å². The molecule has 19 heavy (non-hydrogen) atoms. The van der Waals surface area contributed by atoms with Crippen molar-refractivity contribution in [2.75, 3.05) is 0 Å². The molecule has 0 fully saturated rings. The molecule has 2 aromatic carbocycles.